The van der Waals surface area contributed by atoms with E-state index in [0.717, 1.165) is 20.5 Å². The van der Waals surface area contributed by atoms with Crippen molar-refractivity contribution in [2.45, 2.75) is 12.5 Å². The Kier molecular flexibility index (Phi) is 3.93. The van der Waals surface area contributed by atoms with Crippen LogP contribution in [0.15, 0.2) is 42.5 Å². The van der Waals surface area contributed by atoms with E-state index in [2.05, 4.69) is 0 Å². The Morgan fingerprint density at radius 1 is 1.05 bits per heavy atom. The first kappa shape index (κ1) is 14.4. The number of halogens is 3. The fourth-order valence-electron chi connectivity index (χ4n) is 2.23. The molecule has 21 heavy (non-hydrogen) atoms. The summed E-state index contributed by atoms with van der Waals surface area (Å²) in [5.74, 6) is -0.624. The van der Waals surface area contributed by atoms with Crippen molar-refractivity contribution in [2.24, 2.45) is 5.73 Å². The van der Waals surface area contributed by atoms with Gasteiger partial charge < -0.3 is 5.73 Å². The summed E-state index contributed by atoms with van der Waals surface area (Å²) < 4.78 is 27.1. The smallest absolute Gasteiger partial charge is 0.124 e. The van der Waals surface area contributed by atoms with Crippen LogP contribution in [0.3, 0.4) is 0 Å². The normalized spacial score (nSPS) is 12.8. The molecule has 2 N–H and O–H groups in total. The van der Waals surface area contributed by atoms with E-state index < -0.39 is 0 Å². The van der Waals surface area contributed by atoms with Crippen molar-refractivity contribution >= 4 is 33.0 Å². The van der Waals surface area contributed by atoms with Crippen LogP contribution in [0.2, 0.25) is 5.02 Å². The first-order valence-electron chi connectivity index (χ1n) is 6.41. The summed E-state index contributed by atoms with van der Waals surface area (Å²) in [7, 11) is 0. The lowest BCUT2D eigenvalue weighted by molar-refractivity contribution is 0.626. The lowest BCUT2D eigenvalue weighted by Crippen LogP contribution is -2.12. The number of benzene rings is 2. The topological polar surface area (TPSA) is 26.0 Å². The molecular weight excluding hydrogens is 312 g/mol. The highest BCUT2D eigenvalue weighted by molar-refractivity contribution is 7.19. The quantitative estimate of drug-likeness (QED) is 0.715. The van der Waals surface area contributed by atoms with Crippen LogP contribution in [-0.4, -0.2) is 0 Å². The van der Waals surface area contributed by atoms with Crippen LogP contribution in [0.4, 0.5) is 8.78 Å². The molecule has 1 nitrogen and oxygen atoms in total. The van der Waals surface area contributed by atoms with Gasteiger partial charge in [-0.2, -0.15) is 0 Å². The minimum atomic E-state index is -0.366. The number of rotatable bonds is 3. The summed E-state index contributed by atoms with van der Waals surface area (Å²) >= 11 is 7.48. The van der Waals surface area contributed by atoms with Gasteiger partial charge in [0.05, 0.1) is 0 Å². The third-order valence-corrected chi connectivity index (χ3v) is 4.90. The van der Waals surface area contributed by atoms with Crippen LogP contribution in [-0.2, 0) is 6.42 Å². The van der Waals surface area contributed by atoms with Crippen LogP contribution in [0.25, 0.3) is 10.1 Å². The van der Waals surface area contributed by atoms with Crippen LogP contribution >= 0.6 is 22.9 Å². The van der Waals surface area contributed by atoms with Gasteiger partial charge in [-0.25, -0.2) is 8.78 Å². The summed E-state index contributed by atoms with van der Waals surface area (Å²) in [4.78, 5) is 0.955. The van der Waals surface area contributed by atoms with Crippen molar-refractivity contribution in [3.8, 4) is 0 Å². The van der Waals surface area contributed by atoms with Crippen molar-refractivity contribution in [3.05, 3.63) is 69.6 Å². The predicted molar refractivity (Wildman–Crippen MR) is 83.8 cm³/mol. The van der Waals surface area contributed by atoms with Gasteiger partial charge in [0.1, 0.15) is 11.6 Å². The molecular formula is C16H12ClF2NS. The lowest BCUT2D eigenvalue weighted by Gasteiger charge is -2.10. The molecule has 0 spiro atoms. The molecule has 1 atom stereocenters. The SMILES string of the molecule is NC(Cc1ccc(F)cc1Cl)c1cc2ccc(F)cc2s1. The summed E-state index contributed by atoms with van der Waals surface area (Å²) in [5, 5.41) is 1.34. The highest BCUT2D eigenvalue weighted by Gasteiger charge is 2.13. The van der Waals surface area contributed by atoms with Gasteiger partial charge in [-0.15, -0.1) is 11.3 Å². The van der Waals surface area contributed by atoms with Gasteiger partial charge in [0.15, 0.2) is 0 Å². The average molecular weight is 324 g/mol. The third kappa shape index (κ3) is 3.07. The Bertz CT molecular complexity index is 800. The zero-order valence-corrected chi connectivity index (χ0v) is 12.5. The van der Waals surface area contributed by atoms with Crippen molar-refractivity contribution < 1.29 is 8.78 Å². The monoisotopic (exact) mass is 323 g/mol. The van der Waals surface area contributed by atoms with Crippen molar-refractivity contribution in [1.82, 2.24) is 0 Å². The van der Waals surface area contributed by atoms with Gasteiger partial charge in [0, 0.05) is 20.6 Å². The Morgan fingerprint density at radius 3 is 2.52 bits per heavy atom. The van der Waals surface area contributed by atoms with Gasteiger partial charge in [-0.1, -0.05) is 23.7 Å². The van der Waals surface area contributed by atoms with Crippen LogP contribution in [0.5, 0.6) is 0 Å². The van der Waals surface area contributed by atoms with Crippen molar-refractivity contribution in [2.75, 3.05) is 0 Å². The Morgan fingerprint density at radius 2 is 1.76 bits per heavy atom. The Balaban J connectivity index is 1.87. The summed E-state index contributed by atoms with van der Waals surface area (Å²) in [6, 6.07) is 10.7. The summed E-state index contributed by atoms with van der Waals surface area (Å²) in [5.41, 5.74) is 7.00. The molecule has 2 aromatic carbocycles. The Hall–Kier alpha value is -1.49. The molecule has 3 aromatic rings. The average Bonchev–Trinajstić information content (AvgIpc) is 2.85. The van der Waals surface area contributed by atoms with Gasteiger partial charge in [-0.05, 0) is 47.7 Å². The third-order valence-electron chi connectivity index (χ3n) is 3.32. The summed E-state index contributed by atoms with van der Waals surface area (Å²) in [6.45, 7) is 0. The van der Waals surface area contributed by atoms with E-state index in [1.807, 2.05) is 6.07 Å². The van der Waals surface area contributed by atoms with Gasteiger partial charge >= 0.3 is 0 Å². The molecule has 3 rings (SSSR count). The molecule has 1 heterocycles. The largest absolute Gasteiger partial charge is 0.323 e. The molecule has 0 fully saturated rings. The van der Waals surface area contributed by atoms with E-state index in [0.29, 0.717) is 11.4 Å². The van der Waals surface area contributed by atoms with Gasteiger partial charge in [-0.3, -0.25) is 0 Å². The van der Waals surface area contributed by atoms with E-state index >= 15 is 0 Å². The van der Waals surface area contributed by atoms with Crippen LogP contribution < -0.4 is 5.73 Å². The molecule has 0 saturated carbocycles. The molecule has 108 valence electrons. The van der Waals surface area contributed by atoms with E-state index in [-0.39, 0.29) is 17.7 Å². The van der Waals surface area contributed by atoms with E-state index in [1.165, 1.54) is 35.6 Å². The number of thiophene rings is 1. The number of hydrogen-bond donors (Lipinski definition) is 1. The predicted octanol–water partition coefficient (Wildman–Crippen LogP) is 5.08. The first-order valence-corrected chi connectivity index (χ1v) is 7.61. The lowest BCUT2D eigenvalue weighted by atomic mass is 10.0. The standard InChI is InChI=1S/C16H12ClF2NS/c17-13-7-11(18)3-1-9(13)5-14(20)16-6-10-2-4-12(19)8-15(10)21-16/h1-4,6-8,14H,5,20H2. The maximum Gasteiger partial charge on any atom is 0.124 e. The first-order chi connectivity index (χ1) is 10.0. The minimum Gasteiger partial charge on any atom is -0.323 e. The molecule has 0 aliphatic rings. The zero-order chi connectivity index (χ0) is 15.0. The van der Waals surface area contributed by atoms with E-state index in [1.54, 1.807) is 12.1 Å². The second-order valence-electron chi connectivity index (χ2n) is 4.88. The second kappa shape index (κ2) is 5.72. The molecule has 1 unspecified atom stereocenters. The highest BCUT2D eigenvalue weighted by atomic mass is 35.5. The van der Waals surface area contributed by atoms with Crippen LogP contribution in [0, 0.1) is 11.6 Å². The van der Waals surface area contributed by atoms with Crippen LogP contribution in [0.1, 0.15) is 16.5 Å². The van der Waals surface area contributed by atoms with Gasteiger partial charge in [0.2, 0.25) is 0 Å². The molecule has 0 aliphatic heterocycles. The van der Waals surface area contributed by atoms with Crippen molar-refractivity contribution in [1.29, 1.82) is 0 Å². The molecule has 5 heteroatoms. The highest BCUT2D eigenvalue weighted by Crippen LogP contribution is 2.32. The van der Waals surface area contributed by atoms with Crippen molar-refractivity contribution in [3.63, 3.8) is 0 Å². The van der Waals surface area contributed by atoms with Gasteiger partial charge in [0.25, 0.3) is 0 Å². The van der Waals surface area contributed by atoms with E-state index in [4.69, 9.17) is 17.3 Å². The number of hydrogen-bond acceptors (Lipinski definition) is 2. The molecule has 0 amide bonds. The molecule has 0 bridgehead atoms. The number of fused-ring (bicyclic) bond motifs is 1. The molecule has 0 aliphatic carbocycles. The molecule has 0 saturated heterocycles. The second-order valence-corrected chi connectivity index (χ2v) is 6.40. The fourth-order valence-corrected chi connectivity index (χ4v) is 3.57. The fraction of sp³-hybridized carbons (Fsp3) is 0.125. The number of nitrogens with two attached hydrogens (primary N) is 1. The summed E-state index contributed by atoms with van der Waals surface area (Å²) in [6.07, 6.45) is 0.508. The maximum absolute atomic E-state index is 13.2. The Labute approximate surface area is 130 Å². The molecule has 0 radical (unpaired) electrons. The van der Waals surface area contributed by atoms with E-state index in [9.17, 15) is 8.78 Å². The molecule has 1 aromatic heterocycles. The maximum atomic E-state index is 13.2. The minimum absolute atomic E-state index is 0.256. The zero-order valence-electron chi connectivity index (χ0n) is 10.9.